The van der Waals surface area contributed by atoms with Crippen molar-refractivity contribution < 1.29 is 0 Å². The zero-order chi connectivity index (χ0) is 11.3. The van der Waals surface area contributed by atoms with Crippen LogP contribution in [-0.4, -0.2) is 24.6 Å². The lowest BCUT2D eigenvalue weighted by Crippen LogP contribution is -2.32. The Hall–Kier alpha value is -0.610. The Morgan fingerprint density at radius 1 is 1.53 bits per heavy atom. The van der Waals surface area contributed by atoms with Crippen molar-refractivity contribution in [3.05, 3.63) is 22.9 Å². The predicted molar refractivity (Wildman–Crippen MR) is 68.0 cm³/mol. The van der Waals surface area contributed by atoms with Gasteiger partial charge in [0.25, 0.3) is 0 Å². The van der Waals surface area contributed by atoms with Crippen molar-refractivity contribution in [2.45, 2.75) is 13.8 Å². The van der Waals surface area contributed by atoms with Gasteiger partial charge in [-0.15, -0.1) is 0 Å². The zero-order valence-corrected chi connectivity index (χ0v) is 10.9. The molecule has 0 aliphatic rings. The van der Waals surface area contributed by atoms with E-state index in [1.54, 1.807) is 0 Å². The highest BCUT2D eigenvalue weighted by Crippen LogP contribution is 2.24. The molecule has 4 heteroatoms. The number of hydrogen-bond acceptors (Lipinski definition) is 3. The van der Waals surface area contributed by atoms with Crippen LogP contribution in [0.3, 0.4) is 0 Å². The third-order valence-electron chi connectivity index (χ3n) is 2.08. The fourth-order valence-corrected chi connectivity index (χ4v) is 2.03. The van der Waals surface area contributed by atoms with E-state index in [1.807, 2.05) is 18.5 Å². The number of anilines is 1. The van der Waals surface area contributed by atoms with Crippen LogP contribution >= 0.6 is 15.9 Å². The summed E-state index contributed by atoms with van der Waals surface area (Å²) in [5.41, 5.74) is 6.79. The molecule has 0 saturated carbocycles. The Balaban J connectivity index is 2.83. The Kier molecular flexibility index (Phi) is 5.05. The number of halogens is 1. The lowest BCUT2D eigenvalue weighted by atomic mass is 10.2. The zero-order valence-electron chi connectivity index (χ0n) is 9.28. The maximum absolute atomic E-state index is 5.62. The van der Waals surface area contributed by atoms with Crippen molar-refractivity contribution in [2.24, 2.45) is 11.7 Å². The smallest absolute Gasteiger partial charge is 0.0592 e. The first-order valence-electron chi connectivity index (χ1n) is 5.19. The van der Waals surface area contributed by atoms with Crippen molar-refractivity contribution in [1.29, 1.82) is 0 Å². The summed E-state index contributed by atoms with van der Waals surface area (Å²) >= 11 is 3.51. The molecule has 1 rings (SSSR count). The highest BCUT2D eigenvalue weighted by Gasteiger charge is 2.10. The van der Waals surface area contributed by atoms with E-state index in [0.717, 1.165) is 17.6 Å². The molecule has 0 atom stereocenters. The van der Waals surface area contributed by atoms with Gasteiger partial charge in [0.05, 0.1) is 10.2 Å². The minimum Gasteiger partial charge on any atom is -0.369 e. The number of nitrogens with two attached hydrogens (primary N) is 1. The average molecular weight is 272 g/mol. The van der Waals surface area contributed by atoms with E-state index in [4.69, 9.17) is 5.73 Å². The third-order valence-corrected chi connectivity index (χ3v) is 2.69. The number of pyridine rings is 1. The summed E-state index contributed by atoms with van der Waals surface area (Å²) in [6.07, 6.45) is 3.63. The van der Waals surface area contributed by atoms with E-state index < -0.39 is 0 Å². The van der Waals surface area contributed by atoms with Gasteiger partial charge in [-0.25, -0.2) is 0 Å². The van der Waals surface area contributed by atoms with Crippen LogP contribution in [0.5, 0.6) is 0 Å². The second-order valence-corrected chi connectivity index (χ2v) is 4.81. The van der Waals surface area contributed by atoms with E-state index in [0.29, 0.717) is 12.5 Å². The summed E-state index contributed by atoms with van der Waals surface area (Å²) < 4.78 is 1.03. The van der Waals surface area contributed by atoms with Gasteiger partial charge in [0.1, 0.15) is 0 Å². The van der Waals surface area contributed by atoms with Gasteiger partial charge in [-0.2, -0.15) is 0 Å². The Labute approximate surface area is 99.8 Å². The number of aromatic nitrogens is 1. The van der Waals surface area contributed by atoms with Gasteiger partial charge in [-0.05, 0) is 27.9 Å². The van der Waals surface area contributed by atoms with Crippen LogP contribution < -0.4 is 10.6 Å². The molecule has 0 aromatic carbocycles. The van der Waals surface area contributed by atoms with Crippen molar-refractivity contribution in [3.8, 4) is 0 Å². The lowest BCUT2D eigenvalue weighted by Gasteiger charge is -2.26. The van der Waals surface area contributed by atoms with Gasteiger partial charge in [0.2, 0.25) is 0 Å². The van der Waals surface area contributed by atoms with E-state index in [-0.39, 0.29) is 0 Å². The number of hydrogen-bond donors (Lipinski definition) is 1. The van der Waals surface area contributed by atoms with E-state index >= 15 is 0 Å². The summed E-state index contributed by atoms with van der Waals surface area (Å²) in [4.78, 5) is 6.35. The molecular weight excluding hydrogens is 254 g/mol. The van der Waals surface area contributed by atoms with Gasteiger partial charge in [0, 0.05) is 32.0 Å². The van der Waals surface area contributed by atoms with Crippen LogP contribution in [0.4, 0.5) is 5.69 Å². The molecule has 0 aliphatic heterocycles. The molecule has 0 saturated heterocycles. The molecule has 0 radical (unpaired) electrons. The second kappa shape index (κ2) is 6.08. The van der Waals surface area contributed by atoms with Crippen molar-refractivity contribution in [2.75, 3.05) is 24.5 Å². The highest BCUT2D eigenvalue weighted by molar-refractivity contribution is 9.10. The first-order chi connectivity index (χ1) is 7.15. The maximum atomic E-state index is 5.62. The molecule has 0 aliphatic carbocycles. The largest absolute Gasteiger partial charge is 0.369 e. The molecule has 0 unspecified atom stereocenters. The second-order valence-electron chi connectivity index (χ2n) is 3.96. The van der Waals surface area contributed by atoms with Crippen LogP contribution in [0.1, 0.15) is 13.8 Å². The van der Waals surface area contributed by atoms with Gasteiger partial charge < -0.3 is 10.6 Å². The molecule has 1 aromatic heterocycles. The molecule has 1 heterocycles. The molecule has 1 aromatic rings. The summed E-state index contributed by atoms with van der Waals surface area (Å²) in [5.74, 6) is 0.622. The molecule has 0 fully saturated rings. The highest BCUT2D eigenvalue weighted by atomic mass is 79.9. The number of rotatable bonds is 5. The predicted octanol–water partition coefficient (Wildman–Crippen LogP) is 2.27. The van der Waals surface area contributed by atoms with E-state index in [9.17, 15) is 0 Å². The minimum absolute atomic E-state index is 0.622. The summed E-state index contributed by atoms with van der Waals surface area (Å²) in [7, 11) is 0. The van der Waals surface area contributed by atoms with Gasteiger partial charge in [-0.3, -0.25) is 4.98 Å². The van der Waals surface area contributed by atoms with E-state index in [2.05, 4.69) is 39.7 Å². The fraction of sp³-hybridized carbons (Fsp3) is 0.545. The molecule has 2 N–H and O–H groups in total. The number of nitrogens with zero attached hydrogens (tertiary/aromatic N) is 2. The SMILES string of the molecule is CC(C)CN(CCN)c1ccncc1Br. The molecule has 84 valence electrons. The lowest BCUT2D eigenvalue weighted by molar-refractivity contribution is 0.611. The monoisotopic (exact) mass is 271 g/mol. The first-order valence-corrected chi connectivity index (χ1v) is 5.99. The summed E-state index contributed by atoms with van der Waals surface area (Å²) in [6, 6.07) is 2.02. The van der Waals surface area contributed by atoms with Crippen LogP contribution in [-0.2, 0) is 0 Å². The van der Waals surface area contributed by atoms with Gasteiger partial charge >= 0.3 is 0 Å². The average Bonchev–Trinajstić information content (AvgIpc) is 2.17. The van der Waals surface area contributed by atoms with Gasteiger partial charge in [0.15, 0.2) is 0 Å². The summed E-state index contributed by atoms with van der Waals surface area (Å²) in [6.45, 7) is 6.97. The van der Waals surface area contributed by atoms with Gasteiger partial charge in [-0.1, -0.05) is 13.8 Å². The molecule has 0 spiro atoms. The normalized spacial score (nSPS) is 10.7. The van der Waals surface area contributed by atoms with Crippen LogP contribution in [0.25, 0.3) is 0 Å². The minimum atomic E-state index is 0.622. The first kappa shape index (κ1) is 12.5. The van der Waals surface area contributed by atoms with Crippen LogP contribution in [0, 0.1) is 5.92 Å². The molecule has 0 bridgehead atoms. The molecule has 15 heavy (non-hydrogen) atoms. The Bertz CT molecular complexity index is 302. The van der Waals surface area contributed by atoms with Crippen molar-refractivity contribution in [3.63, 3.8) is 0 Å². The standard InChI is InChI=1S/C11H18BrN3/c1-9(2)8-15(6-4-13)11-3-5-14-7-10(11)12/h3,5,7,9H,4,6,8,13H2,1-2H3. The quantitative estimate of drug-likeness (QED) is 0.894. The molecular formula is C11H18BrN3. The Morgan fingerprint density at radius 3 is 2.80 bits per heavy atom. The third kappa shape index (κ3) is 3.80. The Morgan fingerprint density at radius 2 is 2.27 bits per heavy atom. The van der Waals surface area contributed by atoms with Crippen LogP contribution in [0.2, 0.25) is 0 Å². The van der Waals surface area contributed by atoms with Crippen LogP contribution in [0.15, 0.2) is 22.9 Å². The molecule has 3 nitrogen and oxygen atoms in total. The maximum Gasteiger partial charge on any atom is 0.0592 e. The molecule has 0 amide bonds. The fourth-order valence-electron chi connectivity index (χ4n) is 1.53. The summed E-state index contributed by atoms with van der Waals surface area (Å²) in [5, 5.41) is 0. The van der Waals surface area contributed by atoms with E-state index in [1.165, 1.54) is 5.69 Å². The van der Waals surface area contributed by atoms with Crippen molar-refractivity contribution >= 4 is 21.6 Å². The van der Waals surface area contributed by atoms with Crippen molar-refractivity contribution in [1.82, 2.24) is 4.98 Å². The topological polar surface area (TPSA) is 42.1 Å².